The number of carbonyl (C=O) groups excluding carboxylic acids is 4. The molecule has 0 spiro atoms. The average molecular weight is 1330 g/mol. The number of hydrogen-bond donors (Lipinski definition) is 3. The van der Waals surface area contributed by atoms with Gasteiger partial charge in [-0.25, -0.2) is 9.13 Å². The van der Waals surface area contributed by atoms with E-state index in [9.17, 15) is 43.2 Å². The summed E-state index contributed by atoms with van der Waals surface area (Å²) in [4.78, 5) is 72.6. The fourth-order valence-electron chi connectivity index (χ4n) is 10.6. The lowest BCUT2D eigenvalue weighted by Gasteiger charge is -2.21. The summed E-state index contributed by atoms with van der Waals surface area (Å²) in [6.07, 6.45) is 43.1. The zero-order chi connectivity index (χ0) is 66.8. The second-order valence-electron chi connectivity index (χ2n) is 27.3. The zero-order valence-electron chi connectivity index (χ0n) is 58.8. The van der Waals surface area contributed by atoms with Gasteiger partial charge in [0.15, 0.2) is 12.2 Å². The molecule has 0 aromatic heterocycles. The lowest BCUT2D eigenvalue weighted by Crippen LogP contribution is -2.30. The number of esters is 4. The van der Waals surface area contributed by atoms with Crippen molar-refractivity contribution >= 4 is 39.5 Å². The SMILES string of the molecule is CCC(C)CCCCCCCCCCC(=O)OC[C@H](COP(=O)(O)OCC(O)COP(=O)(O)OC[C@@H](COC(=O)CCCCCCCCCC(C)C)OC(=O)CCCCCCCCCCCC(C)C)OC(=O)CCCCCCCCCCCCCCCC(C)C. The predicted octanol–water partition coefficient (Wildman–Crippen LogP) is 20.1. The van der Waals surface area contributed by atoms with E-state index in [0.29, 0.717) is 31.6 Å². The molecule has 0 saturated heterocycles. The standard InChI is InChI=1S/C71H138O17P2/c1-9-64(8)50-42-34-26-20-21-27-35-43-51-68(73)81-57-66(87-70(75)53-45-37-28-18-14-12-10-11-13-16-23-31-39-47-61(2)3)59-85-89(77,78)83-55-65(72)56-84-90(79,80)86-60-67(58-82-69(74)52-44-36-30-22-25-33-41-49-63(6)7)88-71(76)54-46-38-29-19-15-17-24-32-40-48-62(4)5/h61-67,72H,9-60H2,1-8H3,(H,77,78)(H,79,80)/t64?,65?,66-,67-/m1/s1. The van der Waals surface area contributed by atoms with Crippen LogP contribution in [0.5, 0.6) is 0 Å². The van der Waals surface area contributed by atoms with Gasteiger partial charge >= 0.3 is 39.5 Å². The second-order valence-corrected chi connectivity index (χ2v) is 30.2. The molecule has 90 heavy (non-hydrogen) atoms. The Balaban J connectivity index is 5.26. The van der Waals surface area contributed by atoms with Gasteiger partial charge in [0.2, 0.25) is 0 Å². The molecule has 0 heterocycles. The summed E-state index contributed by atoms with van der Waals surface area (Å²) in [7, 11) is -9.90. The Kier molecular flexibility index (Phi) is 59.4. The van der Waals surface area contributed by atoms with Crippen LogP contribution in [0.15, 0.2) is 0 Å². The second kappa shape index (κ2) is 60.7. The maximum Gasteiger partial charge on any atom is 0.472 e. The van der Waals surface area contributed by atoms with Gasteiger partial charge in [0, 0.05) is 25.7 Å². The van der Waals surface area contributed by atoms with Gasteiger partial charge < -0.3 is 33.8 Å². The zero-order valence-corrected chi connectivity index (χ0v) is 60.6. The summed E-state index contributed by atoms with van der Waals surface area (Å²) in [5, 5.41) is 10.6. The van der Waals surface area contributed by atoms with Crippen molar-refractivity contribution in [2.45, 2.75) is 369 Å². The summed E-state index contributed by atoms with van der Waals surface area (Å²) in [6.45, 7) is 14.1. The molecule has 0 radical (unpaired) electrons. The van der Waals surface area contributed by atoms with Gasteiger partial charge in [-0.05, 0) is 49.4 Å². The number of carbonyl (C=O) groups is 4. The highest BCUT2D eigenvalue weighted by Gasteiger charge is 2.30. The van der Waals surface area contributed by atoms with Gasteiger partial charge in [-0.3, -0.25) is 37.3 Å². The molecule has 0 amide bonds. The fourth-order valence-corrected chi connectivity index (χ4v) is 12.2. The van der Waals surface area contributed by atoms with Gasteiger partial charge in [0.05, 0.1) is 26.4 Å². The van der Waals surface area contributed by atoms with Crippen molar-refractivity contribution in [2.24, 2.45) is 23.7 Å². The van der Waals surface area contributed by atoms with Crippen LogP contribution in [0.2, 0.25) is 0 Å². The number of phosphoric ester groups is 2. The van der Waals surface area contributed by atoms with Crippen molar-refractivity contribution in [1.29, 1.82) is 0 Å². The molecular weight excluding hydrogens is 1190 g/mol. The third-order valence-corrected chi connectivity index (χ3v) is 18.6. The Labute approximate surface area is 549 Å². The van der Waals surface area contributed by atoms with Gasteiger partial charge in [-0.2, -0.15) is 0 Å². The molecule has 3 N–H and O–H groups in total. The maximum absolute atomic E-state index is 13.0. The molecule has 17 nitrogen and oxygen atoms in total. The third-order valence-electron chi connectivity index (χ3n) is 16.7. The van der Waals surface area contributed by atoms with Crippen molar-refractivity contribution in [3.05, 3.63) is 0 Å². The Bertz CT molecular complexity index is 1780. The molecule has 4 unspecified atom stereocenters. The van der Waals surface area contributed by atoms with Crippen molar-refractivity contribution in [3.63, 3.8) is 0 Å². The first-order valence-corrected chi connectivity index (χ1v) is 39.7. The van der Waals surface area contributed by atoms with Crippen LogP contribution in [0.1, 0.15) is 351 Å². The summed E-state index contributed by atoms with van der Waals surface area (Å²) in [5.41, 5.74) is 0. The molecular formula is C71H138O17P2. The number of aliphatic hydroxyl groups is 1. The van der Waals surface area contributed by atoms with E-state index in [0.717, 1.165) is 114 Å². The van der Waals surface area contributed by atoms with Crippen molar-refractivity contribution in [1.82, 2.24) is 0 Å². The van der Waals surface area contributed by atoms with Gasteiger partial charge in [0.1, 0.15) is 19.3 Å². The minimum Gasteiger partial charge on any atom is -0.462 e. The summed E-state index contributed by atoms with van der Waals surface area (Å²) >= 11 is 0. The largest absolute Gasteiger partial charge is 0.472 e. The fraction of sp³-hybridized carbons (Fsp3) is 0.944. The van der Waals surface area contributed by atoms with Crippen LogP contribution < -0.4 is 0 Å². The Morgan fingerprint density at radius 1 is 0.311 bits per heavy atom. The van der Waals surface area contributed by atoms with E-state index in [2.05, 4.69) is 55.4 Å². The van der Waals surface area contributed by atoms with Gasteiger partial charge in [-0.15, -0.1) is 0 Å². The first kappa shape index (κ1) is 88.1. The first-order valence-electron chi connectivity index (χ1n) is 36.7. The summed E-state index contributed by atoms with van der Waals surface area (Å²) in [6, 6.07) is 0. The molecule has 0 aromatic rings. The van der Waals surface area contributed by atoms with Crippen LogP contribution >= 0.6 is 15.6 Å². The lowest BCUT2D eigenvalue weighted by molar-refractivity contribution is -0.161. The van der Waals surface area contributed by atoms with Crippen molar-refractivity contribution < 1.29 is 80.2 Å². The monoisotopic (exact) mass is 1320 g/mol. The van der Waals surface area contributed by atoms with E-state index < -0.39 is 97.5 Å². The molecule has 0 saturated carbocycles. The number of unbranched alkanes of at least 4 members (excludes halogenated alkanes) is 33. The van der Waals surface area contributed by atoms with Crippen molar-refractivity contribution in [3.8, 4) is 0 Å². The number of aliphatic hydroxyl groups excluding tert-OH is 1. The third kappa shape index (κ3) is 63.5. The maximum atomic E-state index is 13.0. The van der Waals surface area contributed by atoms with E-state index in [1.165, 1.54) is 148 Å². The Morgan fingerprint density at radius 2 is 0.533 bits per heavy atom. The van der Waals surface area contributed by atoms with Crippen LogP contribution in [0.3, 0.4) is 0 Å². The molecule has 6 atom stereocenters. The molecule has 534 valence electrons. The number of hydrogen-bond acceptors (Lipinski definition) is 15. The van der Waals surface area contributed by atoms with Crippen molar-refractivity contribution in [2.75, 3.05) is 39.6 Å². The van der Waals surface area contributed by atoms with E-state index in [1.807, 2.05) is 0 Å². The minimum absolute atomic E-state index is 0.104. The lowest BCUT2D eigenvalue weighted by atomic mass is 9.99. The van der Waals surface area contributed by atoms with E-state index >= 15 is 0 Å². The Morgan fingerprint density at radius 3 is 0.789 bits per heavy atom. The molecule has 0 aliphatic carbocycles. The van der Waals surface area contributed by atoms with Crippen LogP contribution in [0.4, 0.5) is 0 Å². The molecule has 19 heteroatoms. The van der Waals surface area contributed by atoms with Gasteiger partial charge in [0.25, 0.3) is 0 Å². The molecule has 0 aliphatic heterocycles. The van der Waals surface area contributed by atoms with E-state index in [1.54, 1.807) is 0 Å². The highest BCUT2D eigenvalue weighted by molar-refractivity contribution is 7.47. The normalized spacial score (nSPS) is 14.6. The highest BCUT2D eigenvalue weighted by atomic mass is 31.2. The summed E-state index contributed by atoms with van der Waals surface area (Å²) < 4.78 is 68.3. The van der Waals surface area contributed by atoms with E-state index in [-0.39, 0.29) is 25.7 Å². The van der Waals surface area contributed by atoms with Crippen LogP contribution in [0.25, 0.3) is 0 Å². The van der Waals surface area contributed by atoms with E-state index in [4.69, 9.17) is 37.0 Å². The topological polar surface area (TPSA) is 237 Å². The molecule has 0 rings (SSSR count). The number of ether oxygens (including phenoxy) is 4. The van der Waals surface area contributed by atoms with Gasteiger partial charge in [-0.1, -0.05) is 299 Å². The number of phosphoric acid groups is 2. The average Bonchev–Trinajstić information content (AvgIpc) is 3.66. The van der Waals surface area contributed by atoms with Crippen LogP contribution in [-0.4, -0.2) is 96.7 Å². The quantitative estimate of drug-likeness (QED) is 0.0222. The minimum atomic E-state index is -4.95. The van der Waals surface area contributed by atoms with Crippen LogP contribution in [0, 0.1) is 23.7 Å². The van der Waals surface area contributed by atoms with Crippen LogP contribution in [-0.2, 0) is 65.4 Å². The molecule has 0 bridgehead atoms. The Hall–Kier alpha value is -1.94. The summed E-state index contributed by atoms with van der Waals surface area (Å²) in [5.74, 6) is 0.877. The smallest absolute Gasteiger partial charge is 0.462 e. The highest BCUT2D eigenvalue weighted by Crippen LogP contribution is 2.45. The number of rotatable bonds is 68. The molecule has 0 aromatic carbocycles. The molecule has 0 aliphatic rings. The first-order chi connectivity index (χ1) is 43.1. The molecule has 0 fully saturated rings. The predicted molar refractivity (Wildman–Crippen MR) is 363 cm³/mol.